The normalized spacial score (nSPS) is 11.3. The van der Waals surface area contributed by atoms with Crippen molar-refractivity contribution in [1.82, 2.24) is 5.32 Å². The lowest BCUT2D eigenvalue weighted by Gasteiger charge is -2.22. The minimum absolute atomic E-state index is 0.234. The van der Waals surface area contributed by atoms with Crippen LogP contribution in [0.25, 0.3) is 0 Å². The summed E-state index contributed by atoms with van der Waals surface area (Å²) in [4.78, 5) is 12.1. The molecule has 0 aliphatic heterocycles. The Morgan fingerprint density at radius 2 is 1.96 bits per heavy atom. The number of benzene rings is 1. The summed E-state index contributed by atoms with van der Waals surface area (Å²) in [6.45, 7) is 4.09. The summed E-state index contributed by atoms with van der Waals surface area (Å²) in [6, 6.07) is 9.05. The molecule has 1 N–H and O–H groups in total. The van der Waals surface area contributed by atoms with E-state index in [1.54, 1.807) is 18.4 Å². The van der Waals surface area contributed by atoms with Gasteiger partial charge in [-0.25, -0.2) is 8.42 Å². The molecule has 1 aromatic heterocycles. The molecule has 1 amide bonds. The second-order valence-corrected chi connectivity index (χ2v) is 7.98. The first-order valence-electron chi connectivity index (χ1n) is 8.11. The van der Waals surface area contributed by atoms with Gasteiger partial charge in [0.05, 0.1) is 18.2 Å². The molecule has 0 aliphatic rings. The van der Waals surface area contributed by atoms with Gasteiger partial charge in [0.25, 0.3) is 0 Å². The lowest BCUT2D eigenvalue weighted by atomic mass is 10.1. The SMILES string of the molecule is Cc1ccc(N(CC(=O)NCCCc2ccco2)S(C)(=O)=O)cc1C. The Morgan fingerprint density at radius 1 is 1.20 bits per heavy atom. The molecule has 6 nitrogen and oxygen atoms in total. The van der Waals surface area contributed by atoms with E-state index in [9.17, 15) is 13.2 Å². The van der Waals surface area contributed by atoms with Gasteiger partial charge in [-0.15, -0.1) is 0 Å². The summed E-state index contributed by atoms with van der Waals surface area (Å²) in [7, 11) is -3.55. The van der Waals surface area contributed by atoms with Crippen LogP contribution < -0.4 is 9.62 Å². The number of carbonyl (C=O) groups excluding carboxylic acids is 1. The lowest BCUT2D eigenvalue weighted by Crippen LogP contribution is -2.40. The van der Waals surface area contributed by atoms with Gasteiger partial charge >= 0.3 is 0 Å². The van der Waals surface area contributed by atoms with Crippen LogP contribution >= 0.6 is 0 Å². The Bertz CT molecular complexity index is 814. The molecular formula is C18H24N2O4S. The van der Waals surface area contributed by atoms with Crippen LogP contribution in [0.15, 0.2) is 41.0 Å². The highest BCUT2D eigenvalue weighted by molar-refractivity contribution is 7.92. The van der Waals surface area contributed by atoms with Crippen molar-refractivity contribution in [3.05, 3.63) is 53.5 Å². The van der Waals surface area contributed by atoms with Crippen molar-refractivity contribution in [3.8, 4) is 0 Å². The van der Waals surface area contributed by atoms with E-state index in [0.717, 1.165) is 40.3 Å². The van der Waals surface area contributed by atoms with Crippen molar-refractivity contribution in [2.24, 2.45) is 0 Å². The smallest absolute Gasteiger partial charge is 0.240 e. The molecule has 0 saturated heterocycles. The van der Waals surface area contributed by atoms with Crippen molar-refractivity contribution in [2.45, 2.75) is 26.7 Å². The highest BCUT2D eigenvalue weighted by Crippen LogP contribution is 2.21. The third-order valence-corrected chi connectivity index (χ3v) is 5.11. The van der Waals surface area contributed by atoms with E-state index in [-0.39, 0.29) is 12.5 Å². The molecule has 0 aliphatic carbocycles. The quantitative estimate of drug-likeness (QED) is 0.730. The molecule has 25 heavy (non-hydrogen) atoms. The van der Waals surface area contributed by atoms with Crippen molar-refractivity contribution in [2.75, 3.05) is 23.7 Å². The largest absolute Gasteiger partial charge is 0.469 e. The molecule has 0 atom stereocenters. The maximum Gasteiger partial charge on any atom is 0.240 e. The fourth-order valence-electron chi connectivity index (χ4n) is 2.41. The predicted molar refractivity (Wildman–Crippen MR) is 98.1 cm³/mol. The Morgan fingerprint density at radius 3 is 2.56 bits per heavy atom. The van der Waals surface area contributed by atoms with Crippen LogP contribution in [0.5, 0.6) is 0 Å². The minimum Gasteiger partial charge on any atom is -0.469 e. The first kappa shape index (κ1) is 19.1. The van der Waals surface area contributed by atoms with Crippen LogP contribution in [0, 0.1) is 13.8 Å². The molecule has 0 fully saturated rings. The van der Waals surface area contributed by atoms with Gasteiger partial charge in [0, 0.05) is 13.0 Å². The average molecular weight is 364 g/mol. The highest BCUT2D eigenvalue weighted by atomic mass is 32.2. The van der Waals surface area contributed by atoms with Crippen molar-refractivity contribution in [3.63, 3.8) is 0 Å². The number of aryl methyl sites for hydroxylation is 3. The third-order valence-electron chi connectivity index (χ3n) is 3.97. The summed E-state index contributed by atoms with van der Waals surface area (Å²) in [5, 5.41) is 2.76. The molecule has 0 radical (unpaired) electrons. The van der Waals surface area contributed by atoms with Gasteiger partial charge in [0.2, 0.25) is 15.9 Å². The van der Waals surface area contributed by atoms with Crippen molar-refractivity contribution >= 4 is 21.6 Å². The number of nitrogens with zero attached hydrogens (tertiary/aromatic N) is 1. The van der Waals surface area contributed by atoms with Crippen LogP contribution in [0.1, 0.15) is 23.3 Å². The molecule has 2 rings (SSSR count). The second kappa shape index (κ2) is 8.20. The van der Waals surface area contributed by atoms with Crippen LogP contribution in [-0.2, 0) is 21.2 Å². The van der Waals surface area contributed by atoms with Gasteiger partial charge in [0.15, 0.2) is 0 Å². The number of hydrogen-bond donors (Lipinski definition) is 1. The third kappa shape index (κ3) is 5.63. The monoisotopic (exact) mass is 364 g/mol. The van der Waals surface area contributed by atoms with E-state index in [2.05, 4.69) is 5.32 Å². The van der Waals surface area contributed by atoms with Gasteiger partial charge in [0.1, 0.15) is 12.3 Å². The second-order valence-electron chi connectivity index (χ2n) is 6.07. The summed E-state index contributed by atoms with van der Waals surface area (Å²) in [6.07, 6.45) is 4.16. The maximum absolute atomic E-state index is 12.1. The van der Waals surface area contributed by atoms with Gasteiger partial charge in [-0.05, 0) is 55.7 Å². The summed E-state index contributed by atoms with van der Waals surface area (Å²) < 4.78 is 30.5. The number of furan rings is 1. The minimum atomic E-state index is -3.55. The predicted octanol–water partition coefficient (Wildman–Crippen LogP) is 2.41. The number of amides is 1. The van der Waals surface area contributed by atoms with Crippen molar-refractivity contribution in [1.29, 1.82) is 0 Å². The van der Waals surface area contributed by atoms with E-state index in [1.807, 2.05) is 32.0 Å². The summed E-state index contributed by atoms with van der Waals surface area (Å²) in [5.41, 5.74) is 2.54. The Balaban J connectivity index is 1.94. The number of sulfonamides is 1. The van der Waals surface area contributed by atoms with E-state index >= 15 is 0 Å². The molecule has 136 valence electrons. The molecule has 7 heteroatoms. The van der Waals surface area contributed by atoms with Crippen LogP contribution in [0.3, 0.4) is 0 Å². The average Bonchev–Trinajstić information content (AvgIpc) is 3.04. The Labute approximate surface area is 148 Å². The molecule has 0 saturated carbocycles. The zero-order chi connectivity index (χ0) is 18.4. The molecule has 1 aromatic carbocycles. The van der Waals surface area contributed by atoms with Gasteiger partial charge in [-0.2, -0.15) is 0 Å². The summed E-state index contributed by atoms with van der Waals surface area (Å²) >= 11 is 0. The van der Waals surface area contributed by atoms with Gasteiger partial charge in [-0.1, -0.05) is 6.07 Å². The van der Waals surface area contributed by atoms with Gasteiger partial charge in [-0.3, -0.25) is 9.10 Å². The first-order chi connectivity index (χ1) is 11.8. The molecular weight excluding hydrogens is 340 g/mol. The number of carbonyl (C=O) groups is 1. The van der Waals surface area contributed by atoms with E-state index in [0.29, 0.717) is 12.2 Å². The Hall–Kier alpha value is -2.28. The summed E-state index contributed by atoms with van der Waals surface area (Å²) in [5.74, 6) is 0.533. The standard InChI is InChI=1S/C18H24N2O4S/c1-14-8-9-16(12-15(14)2)20(25(3,22)23)13-18(21)19-10-4-6-17-7-5-11-24-17/h5,7-9,11-12H,4,6,10,13H2,1-3H3,(H,19,21). The molecule has 0 bridgehead atoms. The zero-order valence-corrected chi connectivity index (χ0v) is 15.6. The van der Waals surface area contributed by atoms with Crippen LogP contribution in [-0.4, -0.2) is 33.7 Å². The highest BCUT2D eigenvalue weighted by Gasteiger charge is 2.21. The van der Waals surface area contributed by atoms with E-state index < -0.39 is 10.0 Å². The van der Waals surface area contributed by atoms with E-state index in [4.69, 9.17) is 4.42 Å². The zero-order valence-electron chi connectivity index (χ0n) is 14.8. The van der Waals surface area contributed by atoms with Crippen LogP contribution in [0.4, 0.5) is 5.69 Å². The number of nitrogens with one attached hydrogen (secondary N) is 1. The maximum atomic E-state index is 12.1. The molecule has 0 spiro atoms. The van der Waals surface area contributed by atoms with E-state index in [1.165, 1.54) is 0 Å². The number of anilines is 1. The van der Waals surface area contributed by atoms with Crippen molar-refractivity contribution < 1.29 is 17.6 Å². The van der Waals surface area contributed by atoms with Crippen LogP contribution in [0.2, 0.25) is 0 Å². The van der Waals surface area contributed by atoms with Gasteiger partial charge < -0.3 is 9.73 Å². The first-order valence-corrected chi connectivity index (χ1v) is 9.96. The topological polar surface area (TPSA) is 79.6 Å². The molecule has 0 unspecified atom stereocenters. The molecule has 1 heterocycles. The fourth-order valence-corrected chi connectivity index (χ4v) is 3.26. The molecule has 2 aromatic rings. The Kier molecular flexibility index (Phi) is 6.25. The fraction of sp³-hybridized carbons (Fsp3) is 0.389. The number of rotatable bonds is 8. The number of hydrogen-bond acceptors (Lipinski definition) is 4. The lowest BCUT2D eigenvalue weighted by molar-refractivity contribution is -0.119.